The van der Waals surface area contributed by atoms with Gasteiger partial charge < -0.3 is 0 Å². The van der Waals surface area contributed by atoms with Crippen molar-refractivity contribution >= 4 is 0 Å². The molecule has 158 valence electrons. The highest BCUT2D eigenvalue weighted by Gasteiger charge is 2.52. The first-order chi connectivity index (χ1) is 13.7. The van der Waals surface area contributed by atoms with Crippen LogP contribution >= 0.6 is 0 Å². The standard InChI is InChI=1S/C27H45N/c1-3-5-6-8-20-9-7-10-24-22(20)13-14-25-23-15-17-27(19-28,16-4-2)18-21(23)11-12-26(24)25/h20-26H,3-18H2,1-2H3/t20-,21?,22?,23?,24?,25?,26?,27-/m0/s1. The molecular weight excluding hydrogens is 338 g/mol. The Kier molecular flexibility index (Phi) is 6.74. The Labute approximate surface area is 175 Å². The molecule has 0 saturated heterocycles. The van der Waals surface area contributed by atoms with Crippen molar-refractivity contribution in [1.82, 2.24) is 0 Å². The smallest absolute Gasteiger partial charge is 0.0689 e. The second-order valence-electron chi connectivity index (χ2n) is 11.3. The zero-order valence-electron chi connectivity index (χ0n) is 18.8. The summed E-state index contributed by atoms with van der Waals surface area (Å²) in [6.45, 7) is 4.61. The Balaban J connectivity index is 1.42. The number of hydrogen-bond acceptors (Lipinski definition) is 1. The van der Waals surface area contributed by atoms with Gasteiger partial charge in [0.25, 0.3) is 0 Å². The SMILES string of the molecule is CCCCC[C@H]1CCCC2C3CCC4C[C@](C#N)(CCC)CCC4C3CCC21. The topological polar surface area (TPSA) is 23.8 Å². The van der Waals surface area contributed by atoms with E-state index in [9.17, 15) is 5.26 Å². The van der Waals surface area contributed by atoms with Crippen LogP contribution in [0.1, 0.15) is 117 Å². The van der Waals surface area contributed by atoms with Crippen LogP contribution < -0.4 is 0 Å². The second-order valence-corrected chi connectivity index (χ2v) is 11.3. The zero-order valence-corrected chi connectivity index (χ0v) is 18.8. The van der Waals surface area contributed by atoms with E-state index in [0.717, 1.165) is 47.8 Å². The van der Waals surface area contributed by atoms with Crippen molar-refractivity contribution in [3.63, 3.8) is 0 Å². The summed E-state index contributed by atoms with van der Waals surface area (Å²) in [5.41, 5.74) is 0.0369. The summed E-state index contributed by atoms with van der Waals surface area (Å²) in [6, 6.07) is 2.80. The lowest BCUT2D eigenvalue weighted by Gasteiger charge is -2.57. The molecule has 28 heavy (non-hydrogen) atoms. The molecule has 8 atom stereocenters. The fraction of sp³-hybridized carbons (Fsp3) is 0.963. The third-order valence-electron chi connectivity index (χ3n) is 9.98. The van der Waals surface area contributed by atoms with Crippen LogP contribution in [0.4, 0.5) is 0 Å². The van der Waals surface area contributed by atoms with Crippen molar-refractivity contribution in [2.24, 2.45) is 46.8 Å². The predicted molar refractivity (Wildman–Crippen MR) is 118 cm³/mol. The molecule has 0 aromatic heterocycles. The van der Waals surface area contributed by atoms with Gasteiger partial charge in [0.15, 0.2) is 0 Å². The Morgan fingerprint density at radius 3 is 2.32 bits per heavy atom. The van der Waals surface area contributed by atoms with Crippen molar-refractivity contribution < 1.29 is 0 Å². The van der Waals surface area contributed by atoms with Crippen molar-refractivity contribution in [3.05, 3.63) is 0 Å². The van der Waals surface area contributed by atoms with Crippen LogP contribution in [0, 0.1) is 58.2 Å². The van der Waals surface area contributed by atoms with Gasteiger partial charge in [-0.2, -0.15) is 5.26 Å². The number of fused-ring (bicyclic) bond motifs is 5. The number of nitrogens with zero attached hydrogens (tertiary/aromatic N) is 1. The summed E-state index contributed by atoms with van der Waals surface area (Å²) in [7, 11) is 0. The van der Waals surface area contributed by atoms with Crippen molar-refractivity contribution in [1.29, 1.82) is 5.26 Å². The Morgan fingerprint density at radius 1 is 0.786 bits per heavy atom. The molecule has 4 rings (SSSR count). The van der Waals surface area contributed by atoms with E-state index >= 15 is 0 Å². The average Bonchev–Trinajstić information content (AvgIpc) is 2.73. The van der Waals surface area contributed by atoms with Crippen LogP contribution in [0.5, 0.6) is 0 Å². The van der Waals surface area contributed by atoms with Crippen LogP contribution in [0.3, 0.4) is 0 Å². The predicted octanol–water partition coefficient (Wildman–Crippen LogP) is 8.15. The minimum atomic E-state index is 0.0369. The lowest BCUT2D eigenvalue weighted by molar-refractivity contribution is -0.0717. The largest absolute Gasteiger partial charge is 0.198 e. The van der Waals surface area contributed by atoms with Gasteiger partial charge in [0.2, 0.25) is 0 Å². The van der Waals surface area contributed by atoms with Crippen molar-refractivity contribution in [2.75, 3.05) is 0 Å². The maximum atomic E-state index is 9.92. The van der Waals surface area contributed by atoms with E-state index in [1.807, 2.05) is 0 Å². The molecule has 0 amide bonds. The quantitative estimate of drug-likeness (QED) is 0.424. The molecule has 0 spiro atoms. The Hall–Kier alpha value is -0.510. The van der Waals surface area contributed by atoms with Crippen LogP contribution in [-0.2, 0) is 0 Å². The highest BCUT2D eigenvalue weighted by atomic mass is 14.6. The highest BCUT2D eigenvalue weighted by Crippen LogP contribution is 2.60. The molecular formula is C27H45N. The fourth-order valence-electron chi connectivity index (χ4n) is 8.85. The molecule has 0 aromatic rings. The van der Waals surface area contributed by atoms with E-state index in [1.165, 1.54) is 83.5 Å². The number of hydrogen-bond donors (Lipinski definition) is 0. The summed E-state index contributed by atoms with van der Waals surface area (Å²) in [6.07, 6.45) is 22.6. The van der Waals surface area contributed by atoms with Gasteiger partial charge in [0.1, 0.15) is 0 Å². The van der Waals surface area contributed by atoms with Crippen LogP contribution in [-0.4, -0.2) is 0 Å². The zero-order chi connectivity index (χ0) is 19.6. The second kappa shape index (κ2) is 9.10. The molecule has 1 nitrogen and oxygen atoms in total. The summed E-state index contributed by atoms with van der Waals surface area (Å²) in [4.78, 5) is 0. The third kappa shape index (κ3) is 3.91. The van der Waals surface area contributed by atoms with E-state index < -0.39 is 0 Å². The maximum absolute atomic E-state index is 9.92. The van der Waals surface area contributed by atoms with E-state index in [2.05, 4.69) is 19.9 Å². The molecule has 0 N–H and O–H groups in total. The minimum Gasteiger partial charge on any atom is -0.198 e. The third-order valence-corrected chi connectivity index (χ3v) is 9.98. The molecule has 0 bridgehead atoms. The monoisotopic (exact) mass is 383 g/mol. The summed E-state index contributed by atoms with van der Waals surface area (Å²) in [5.74, 6) is 7.12. The molecule has 4 saturated carbocycles. The van der Waals surface area contributed by atoms with Crippen LogP contribution in [0.2, 0.25) is 0 Å². The molecule has 1 heteroatoms. The van der Waals surface area contributed by atoms with E-state index in [4.69, 9.17) is 0 Å². The number of unbranched alkanes of at least 4 members (excludes halogenated alkanes) is 2. The summed E-state index contributed by atoms with van der Waals surface area (Å²) < 4.78 is 0. The van der Waals surface area contributed by atoms with Gasteiger partial charge in [-0.25, -0.2) is 0 Å². The van der Waals surface area contributed by atoms with Crippen molar-refractivity contribution in [3.8, 4) is 6.07 Å². The van der Waals surface area contributed by atoms with E-state index in [-0.39, 0.29) is 5.41 Å². The first-order valence-electron chi connectivity index (χ1n) is 13.1. The molecule has 0 aromatic carbocycles. The molecule has 4 aliphatic rings. The van der Waals surface area contributed by atoms with Crippen LogP contribution in [0.15, 0.2) is 0 Å². The van der Waals surface area contributed by atoms with Gasteiger partial charge >= 0.3 is 0 Å². The molecule has 0 heterocycles. The molecule has 0 aliphatic heterocycles. The Morgan fingerprint density at radius 2 is 1.54 bits per heavy atom. The summed E-state index contributed by atoms with van der Waals surface area (Å²) >= 11 is 0. The first-order valence-corrected chi connectivity index (χ1v) is 13.1. The van der Waals surface area contributed by atoms with Gasteiger partial charge in [-0.1, -0.05) is 58.8 Å². The van der Waals surface area contributed by atoms with Gasteiger partial charge in [0, 0.05) is 0 Å². The molecule has 4 fully saturated rings. The summed E-state index contributed by atoms with van der Waals surface area (Å²) in [5, 5.41) is 9.92. The van der Waals surface area contributed by atoms with Gasteiger partial charge in [-0.05, 0) is 99.2 Å². The van der Waals surface area contributed by atoms with Crippen LogP contribution in [0.25, 0.3) is 0 Å². The Bertz CT molecular complexity index is 547. The number of nitriles is 1. The fourth-order valence-corrected chi connectivity index (χ4v) is 8.85. The van der Waals surface area contributed by atoms with Gasteiger partial charge in [-0.3, -0.25) is 0 Å². The minimum absolute atomic E-state index is 0.0369. The van der Waals surface area contributed by atoms with Gasteiger partial charge in [-0.15, -0.1) is 0 Å². The normalized spacial score (nSPS) is 45.4. The molecule has 6 unspecified atom stereocenters. The highest BCUT2D eigenvalue weighted by molar-refractivity contribution is 5.07. The number of rotatable bonds is 6. The van der Waals surface area contributed by atoms with E-state index in [0.29, 0.717) is 0 Å². The first kappa shape index (κ1) is 20.8. The van der Waals surface area contributed by atoms with Crippen molar-refractivity contribution in [2.45, 2.75) is 117 Å². The lowest BCUT2D eigenvalue weighted by atomic mass is 9.48. The van der Waals surface area contributed by atoms with E-state index in [1.54, 1.807) is 12.8 Å². The maximum Gasteiger partial charge on any atom is 0.0689 e. The molecule has 0 radical (unpaired) electrons. The average molecular weight is 384 g/mol. The lowest BCUT2D eigenvalue weighted by Crippen LogP contribution is -2.49. The molecule has 4 aliphatic carbocycles. The van der Waals surface area contributed by atoms with Gasteiger partial charge in [0.05, 0.1) is 11.5 Å².